The van der Waals surface area contributed by atoms with Crippen molar-refractivity contribution >= 4 is 30.5 Å². The highest BCUT2D eigenvalue weighted by molar-refractivity contribution is 7.80. The lowest BCUT2D eigenvalue weighted by molar-refractivity contribution is -0.138. The van der Waals surface area contributed by atoms with Gasteiger partial charge in [0.15, 0.2) is 6.04 Å². The molecule has 0 aliphatic heterocycles. The molecule has 0 bridgehead atoms. The number of carbonyl (C=O) groups excluding carboxylic acids is 3. The number of aromatic hydroxyl groups is 1. The molecule has 1 aromatic rings. The van der Waals surface area contributed by atoms with E-state index in [2.05, 4.69) is 29.3 Å². The zero-order chi connectivity index (χ0) is 23.6. The van der Waals surface area contributed by atoms with Crippen molar-refractivity contribution in [2.45, 2.75) is 58.2 Å². The summed E-state index contributed by atoms with van der Waals surface area (Å²) in [6.45, 7) is 7.42. The molecule has 170 valence electrons. The zero-order valence-corrected chi connectivity index (χ0v) is 19.2. The van der Waals surface area contributed by atoms with Gasteiger partial charge in [0.2, 0.25) is 5.91 Å². The number of phenols is 1. The molecule has 0 radical (unpaired) electrons. The molecule has 3 N–H and O–H groups in total. The standard InChI is InChI=1S/C22H31N3O5S/c1-6-8-13-23-19(27)18(15-11-9-10-12-17(15)26)25(7-2)20(28)16(14-31)24-21(29)30-22(3,4)5/h2,9-12,16,18,26,31H,6,8,13-14H2,1,3-5H3,(H,23,27)(H,24,29). The summed E-state index contributed by atoms with van der Waals surface area (Å²) in [6, 6.07) is 5.90. The van der Waals surface area contributed by atoms with Gasteiger partial charge in [0.25, 0.3) is 5.91 Å². The van der Waals surface area contributed by atoms with Crippen molar-refractivity contribution in [2.24, 2.45) is 0 Å². The molecule has 0 saturated heterocycles. The second kappa shape index (κ2) is 12.1. The van der Waals surface area contributed by atoms with E-state index in [9.17, 15) is 19.5 Å². The fraction of sp³-hybridized carbons (Fsp3) is 0.500. The molecule has 0 saturated carbocycles. The van der Waals surface area contributed by atoms with Gasteiger partial charge < -0.3 is 20.5 Å². The number of ether oxygens (including phenoxy) is 1. The highest BCUT2D eigenvalue weighted by Crippen LogP contribution is 2.29. The van der Waals surface area contributed by atoms with E-state index in [-0.39, 0.29) is 17.1 Å². The lowest BCUT2D eigenvalue weighted by atomic mass is 10.0. The first-order chi connectivity index (χ1) is 14.6. The summed E-state index contributed by atoms with van der Waals surface area (Å²) in [5.41, 5.74) is -0.601. The van der Waals surface area contributed by atoms with Gasteiger partial charge in [0.05, 0.1) is 0 Å². The van der Waals surface area contributed by atoms with Gasteiger partial charge in [0.1, 0.15) is 17.4 Å². The molecule has 31 heavy (non-hydrogen) atoms. The van der Waals surface area contributed by atoms with E-state index in [0.717, 1.165) is 17.7 Å². The topological polar surface area (TPSA) is 108 Å². The van der Waals surface area contributed by atoms with Crippen LogP contribution in [0.4, 0.5) is 4.79 Å². The molecule has 9 heteroatoms. The molecule has 0 aliphatic rings. The number of hydrogen-bond donors (Lipinski definition) is 4. The Morgan fingerprint density at radius 2 is 1.94 bits per heavy atom. The average molecular weight is 450 g/mol. The highest BCUT2D eigenvalue weighted by atomic mass is 32.1. The average Bonchev–Trinajstić information content (AvgIpc) is 2.69. The summed E-state index contributed by atoms with van der Waals surface area (Å²) >= 11 is 4.14. The van der Waals surface area contributed by atoms with Crippen LogP contribution in [0.3, 0.4) is 0 Å². The number of rotatable bonds is 9. The van der Waals surface area contributed by atoms with Gasteiger partial charge in [-0.2, -0.15) is 12.6 Å². The molecule has 1 aromatic carbocycles. The lowest BCUT2D eigenvalue weighted by Gasteiger charge is -2.30. The number of para-hydroxylation sites is 1. The quantitative estimate of drug-likeness (QED) is 0.201. The molecule has 0 aromatic heterocycles. The molecule has 0 fully saturated rings. The monoisotopic (exact) mass is 449 g/mol. The SMILES string of the molecule is C#CN(C(=O)C(CS)NC(=O)OC(C)(C)C)C(C(=O)NCCCC)c1ccccc1O. The Labute approximate surface area is 189 Å². The zero-order valence-electron chi connectivity index (χ0n) is 18.3. The molecule has 0 heterocycles. The normalized spacial score (nSPS) is 12.8. The fourth-order valence-electron chi connectivity index (χ4n) is 2.67. The van der Waals surface area contributed by atoms with Crippen LogP contribution in [0.5, 0.6) is 5.75 Å². The van der Waals surface area contributed by atoms with Gasteiger partial charge in [-0.1, -0.05) is 38.0 Å². The van der Waals surface area contributed by atoms with Crippen LogP contribution in [0.15, 0.2) is 24.3 Å². The van der Waals surface area contributed by atoms with Crippen molar-refractivity contribution in [2.75, 3.05) is 12.3 Å². The Hall–Kier alpha value is -2.86. The number of nitrogens with zero attached hydrogens (tertiary/aromatic N) is 1. The number of nitrogens with one attached hydrogen (secondary N) is 2. The molecule has 1 rings (SSSR count). The molecular weight excluding hydrogens is 418 g/mol. The fourth-order valence-corrected chi connectivity index (χ4v) is 2.92. The van der Waals surface area contributed by atoms with Gasteiger partial charge in [0, 0.05) is 23.9 Å². The van der Waals surface area contributed by atoms with Gasteiger partial charge in [-0.05, 0) is 33.3 Å². The Kier molecular flexibility index (Phi) is 10.2. The number of carbonyl (C=O) groups is 3. The first kappa shape index (κ1) is 26.2. The maximum absolute atomic E-state index is 13.2. The smallest absolute Gasteiger partial charge is 0.408 e. The van der Waals surface area contributed by atoms with Gasteiger partial charge in [-0.25, -0.2) is 4.79 Å². The van der Waals surface area contributed by atoms with Gasteiger partial charge in [-0.3, -0.25) is 14.5 Å². The first-order valence-electron chi connectivity index (χ1n) is 10.0. The number of hydrogen-bond acceptors (Lipinski definition) is 6. The number of amides is 3. The lowest BCUT2D eigenvalue weighted by Crippen LogP contribution is -2.52. The predicted molar refractivity (Wildman–Crippen MR) is 121 cm³/mol. The summed E-state index contributed by atoms with van der Waals surface area (Å²) in [5.74, 6) is -1.55. The van der Waals surface area contributed by atoms with E-state index in [1.54, 1.807) is 32.9 Å². The summed E-state index contributed by atoms with van der Waals surface area (Å²) in [7, 11) is 0. The van der Waals surface area contributed by atoms with Gasteiger partial charge in [-0.15, -0.1) is 0 Å². The van der Waals surface area contributed by atoms with Crippen LogP contribution >= 0.6 is 12.6 Å². The Balaban J connectivity index is 3.22. The van der Waals surface area contributed by atoms with Crippen molar-refractivity contribution in [1.29, 1.82) is 0 Å². The number of alkyl carbamates (subject to hydrolysis) is 1. The van der Waals surface area contributed by atoms with Crippen molar-refractivity contribution in [3.63, 3.8) is 0 Å². The third-order valence-corrected chi connectivity index (χ3v) is 4.48. The van der Waals surface area contributed by atoms with E-state index < -0.39 is 35.6 Å². The maximum Gasteiger partial charge on any atom is 0.408 e. The molecule has 2 atom stereocenters. The number of phenolic OH excluding ortho intramolecular Hbond substituents is 1. The van der Waals surface area contributed by atoms with Crippen LogP contribution in [-0.2, 0) is 14.3 Å². The maximum atomic E-state index is 13.2. The van der Waals surface area contributed by atoms with Crippen molar-refractivity contribution in [1.82, 2.24) is 15.5 Å². The molecule has 8 nitrogen and oxygen atoms in total. The Morgan fingerprint density at radius 3 is 2.45 bits per heavy atom. The number of terminal acetylenes is 1. The molecule has 0 spiro atoms. The third kappa shape index (κ3) is 8.06. The molecule has 2 unspecified atom stereocenters. The van der Waals surface area contributed by atoms with E-state index in [0.29, 0.717) is 6.54 Å². The van der Waals surface area contributed by atoms with Crippen LogP contribution in [0.1, 0.15) is 52.1 Å². The summed E-state index contributed by atoms with van der Waals surface area (Å²) in [6.07, 6.45) is 6.39. The van der Waals surface area contributed by atoms with Crippen LogP contribution < -0.4 is 10.6 Å². The first-order valence-corrected chi connectivity index (χ1v) is 10.6. The summed E-state index contributed by atoms with van der Waals surface area (Å²) < 4.78 is 5.19. The van der Waals surface area contributed by atoms with Crippen molar-refractivity contribution in [3.05, 3.63) is 29.8 Å². The Morgan fingerprint density at radius 1 is 1.29 bits per heavy atom. The van der Waals surface area contributed by atoms with Crippen LogP contribution in [0.25, 0.3) is 0 Å². The molecular formula is C22H31N3O5S. The van der Waals surface area contributed by atoms with Crippen molar-refractivity contribution < 1.29 is 24.2 Å². The third-order valence-electron chi connectivity index (χ3n) is 4.12. The minimum Gasteiger partial charge on any atom is -0.508 e. The van der Waals surface area contributed by atoms with Gasteiger partial charge >= 0.3 is 6.09 Å². The Bertz CT molecular complexity index is 816. The van der Waals surface area contributed by atoms with Crippen LogP contribution in [0, 0.1) is 12.5 Å². The van der Waals surface area contributed by atoms with E-state index in [1.807, 2.05) is 6.92 Å². The van der Waals surface area contributed by atoms with E-state index in [4.69, 9.17) is 11.2 Å². The van der Waals surface area contributed by atoms with E-state index in [1.165, 1.54) is 12.1 Å². The number of thiol groups is 1. The minimum atomic E-state index is -1.29. The molecule has 0 aliphatic carbocycles. The largest absolute Gasteiger partial charge is 0.508 e. The summed E-state index contributed by atoms with van der Waals surface area (Å²) in [5, 5.41) is 15.5. The predicted octanol–water partition coefficient (Wildman–Crippen LogP) is 2.59. The van der Waals surface area contributed by atoms with Crippen LogP contribution in [0.2, 0.25) is 0 Å². The molecule has 3 amide bonds. The van der Waals surface area contributed by atoms with Crippen LogP contribution in [-0.4, -0.2) is 51.9 Å². The van der Waals surface area contributed by atoms with E-state index >= 15 is 0 Å². The number of benzene rings is 1. The second-order valence-electron chi connectivity index (χ2n) is 7.82. The minimum absolute atomic E-state index is 0.0821. The highest BCUT2D eigenvalue weighted by Gasteiger charge is 2.36. The summed E-state index contributed by atoms with van der Waals surface area (Å²) in [4.78, 5) is 39.1. The second-order valence-corrected chi connectivity index (χ2v) is 8.19. The van der Waals surface area contributed by atoms with Crippen molar-refractivity contribution in [3.8, 4) is 18.2 Å². The number of unbranched alkanes of at least 4 members (excludes halogenated alkanes) is 1.